The van der Waals surface area contributed by atoms with E-state index in [9.17, 15) is 4.79 Å². The van der Waals surface area contributed by atoms with Crippen LogP contribution in [-0.4, -0.2) is 25.5 Å². The average molecular weight is 238 g/mol. The quantitative estimate of drug-likeness (QED) is 0.744. The van der Waals surface area contributed by atoms with Crippen LogP contribution in [0.2, 0.25) is 0 Å². The highest BCUT2D eigenvalue weighted by Crippen LogP contribution is 2.30. The van der Waals surface area contributed by atoms with E-state index in [4.69, 9.17) is 0 Å². The van der Waals surface area contributed by atoms with Crippen LogP contribution in [0.3, 0.4) is 0 Å². The van der Waals surface area contributed by atoms with Crippen LogP contribution in [0.1, 0.15) is 51.4 Å². The lowest BCUT2D eigenvalue weighted by molar-refractivity contribution is -0.121. The predicted octanol–water partition coefficient (Wildman–Crippen LogP) is 2.07. The molecule has 0 aromatic carbocycles. The number of amides is 1. The topological polar surface area (TPSA) is 41.1 Å². The van der Waals surface area contributed by atoms with Gasteiger partial charge in [-0.05, 0) is 50.6 Å². The summed E-state index contributed by atoms with van der Waals surface area (Å²) in [6.07, 6.45) is 9.68. The first kappa shape index (κ1) is 12.9. The lowest BCUT2D eigenvalue weighted by atomic mass is 9.82. The van der Waals surface area contributed by atoms with Gasteiger partial charge in [0.05, 0.1) is 0 Å². The summed E-state index contributed by atoms with van der Waals surface area (Å²) < 4.78 is 0. The number of rotatable bonds is 6. The van der Waals surface area contributed by atoms with E-state index in [2.05, 4.69) is 10.6 Å². The van der Waals surface area contributed by atoms with Crippen molar-refractivity contribution in [2.45, 2.75) is 51.4 Å². The summed E-state index contributed by atoms with van der Waals surface area (Å²) in [4.78, 5) is 11.6. The second kappa shape index (κ2) is 7.00. The highest BCUT2D eigenvalue weighted by Gasteiger charge is 2.18. The summed E-state index contributed by atoms with van der Waals surface area (Å²) in [5.41, 5.74) is 0. The molecule has 2 fully saturated rings. The average Bonchev–Trinajstić information content (AvgIpc) is 2.28. The van der Waals surface area contributed by atoms with Crippen LogP contribution in [0.4, 0.5) is 0 Å². The van der Waals surface area contributed by atoms with E-state index in [-0.39, 0.29) is 5.91 Å². The van der Waals surface area contributed by atoms with Crippen LogP contribution in [0, 0.1) is 11.8 Å². The van der Waals surface area contributed by atoms with Gasteiger partial charge in [0.25, 0.3) is 0 Å². The lowest BCUT2D eigenvalue weighted by Crippen LogP contribution is -2.33. The van der Waals surface area contributed by atoms with E-state index >= 15 is 0 Å². The fourth-order valence-electron chi connectivity index (χ4n) is 2.79. The standard InChI is InChI=1S/C14H26N2O/c17-14(7-6-12-3-1-4-12)16-10-8-13-5-2-9-15-11-13/h12-13,15H,1-11H2,(H,16,17). The van der Waals surface area contributed by atoms with Gasteiger partial charge in [0, 0.05) is 13.0 Å². The maximum Gasteiger partial charge on any atom is 0.220 e. The minimum absolute atomic E-state index is 0.265. The molecule has 0 spiro atoms. The van der Waals surface area contributed by atoms with Crippen molar-refractivity contribution in [2.75, 3.05) is 19.6 Å². The van der Waals surface area contributed by atoms with Gasteiger partial charge in [0.15, 0.2) is 0 Å². The first-order chi connectivity index (χ1) is 8.34. The number of hydrogen-bond acceptors (Lipinski definition) is 2. The maximum absolute atomic E-state index is 11.6. The third-order valence-corrected chi connectivity index (χ3v) is 4.28. The Kier molecular flexibility index (Phi) is 5.30. The zero-order valence-electron chi connectivity index (χ0n) is 10.8. The molecule has 98 valence electrons. The number of nitrogens with one attached hydrogen (secondary N) is 2. The fraction of sp³-hybridized carbons (Fsp3) is 0.929. The molecule has 0 aromatic heterocycles. The van der Waals surface area contributed by atoms with E-state index < -0.39 is 0 Å². The van der Waals surface area contributed by atoms with Gasteiger partial charge in [-0.1, -0.05) is 19.3 Å². The molecule has 2 N–H and O–H groups in total. The Morgan fingerprint density at radius 1 is 1.12 bits per heavy atom. The summed E-state index contributed by atoms with van der Waals surface area (Å²) in [6, 6.07) is 0. The molecule has 3 heteroatoms. The summed E-state index contributed by atoms with van der Waals surface area (Å²) in [7, 11) is 0. The van der Waals surface area contributed by atoms with Crippen LogP contribution in [0.5, 0.6) is 0 Å². The van der Waals surface area contributed by atoms with Crippen molar-refractivity contribution >= 4 is 5.91 Å². The van der Waals surface area contributed by atoms with E-state index in [0.29, 0.717) is 0 Å². The van der Waals surface area contributed by atoms with Gasteiger partial charge in [-0.2, -0.15) is 0 Å². The Balaban J connectivity index is 1.47. The van der Waals surface area contributed by atoms with Crippen molar-refractivity contribution in [1.82, 2.24) is 10.6 Å². The molecule has 1 amide bonds. The van der Waals surface area contributed by atoms with E-state index in [1.807, 2.05) is 0 Å². The first-order valence-electron chi connectivity index (χ1n) is 7.32. The molecule has 0 bridgehead atoms. The Morgan fingerprint density at radius 3 is 2.59 bits per heavy atom. The number of carbonyl (C=O) groups excluding carboxylic acids is 1. The lowest BCUT2D eigenvalue weighted by Gasteiger charge is -2.25. The van der Waals surface area contributed by atoms with Gasteiger partial charge in [0.2, 0.25) is 5.91 Å². The molecule has 1 unspecified atom stereocenters. The van der Waals surface area contributed by atoms with Gasteiger partial charge < -0.3 is 10.6 Å². The van der Waals surface area contributed by atoms with Gasteiger partial charge >= 0.3 is 0 Å². The summed E-state index contributed by atoms with van der Waals surface area (Å²) in [5.74, 6) is 1.89. The number of carbonyl (C=O) groups is 1. The van der Waals surface area contributed by atoms with E-state index in [1.165, 1.54) is 38.6 Å². The zero-order chi connectivity index (χ0) is 11.9. The molecule has 2 aliphatic rings. The molecule has 1 saturated heterocycles. The largest absolute Gasteiger partial charge is 0.356 e. The molecule has 3 nitrogen and oxygen atoms in total. The van der Waals surface area contributed by atoms with E-state index in [0.717, 1.165) is 44.2 Å². The highest BCUT2D eigenvalue weighted by atomic mass is 16.1. The molecule has 2 rings (SSSR count). The molecule has 1 saturated carbocycles. The third kappa shape index (κ3) is 4.66. The second-order valence-electron chi connectivity index (χ2n) is 5.69. The molecular formula is C14H26N2O. The number of piperidine rings is 1. The van der Waals surface area contributed by atoms with Crippen LogP contribution in [0.25, 0.3) is 0 Å². The monoisotopic (exact) mass is 238 g/mol. The zero-order valence-corrected chi connectivity index (χ0v) is 10.8. The van der Waals surface area contributed by atoms with Gasteiger partial charge in [-0.25, -0.2) is 0 Å². The molecule has 1 atom stereocenters. The van der Waals surface area contributed by atoms with Gasteiger partial charge in [0.1, 0.15) is 0 Å². The van der Waals surface area contributed by atoms with Crippen LogP contribution >= 0.6 is 0 Å². The van der Waals surface area contributed by atoms with Crippen molar-refractivity contribution < 1.29 is 4.79 Å². The second-order valence-corrected chi connectivity index (χ2v) is 5.69. The Morgan fingerprint density at radius 2 is 1.94 bits per heavy atom. The van der Waals surface area contributed by atoms with Crippen LogP contribution in [0.15, 0.2) is 0 Å². The molecule has 17 heavy (non-hydrogen) atoms. The predicted molar refractivity (Wildman–Crippen MR) is 69.8 cm³/mol. The van der Waals surface area contributed by atoms with Crippen molar-refractivity contribution in [1.29, 1.82) is 0 Å². The van der Waals surface area contributed by atoms with E-state index in [1.54, 1.807) is 0 Å². The highest BCUT2D eigenvalue weighted by molar-refractivity contribution is 5.75. The summed E-state index contributed by atoms with van der Waals surface area (Å²) >= 11 is 0. The van der Waals surface area contributed by atoms with Crippen molar-refractivity contribution in [3.8, 4) is 0 Å². The normalized spacial score (nSPS) is 25.3. The number of hydrogen-bond donors (Lipinski definition) is 2. The molecule has 0 aromatic rings. The smallest absolute Gasteiger partial charge is 0.220 e. The van der Waals surface area contributed by atoms with Gasteiger partial charge in [-0.15, -0.1) is 0 Å². The molecule has 1 aliphatic carbocycles. The minimum Gasteiger partial charge on any atom is -0.356 e. The van der Waals surface area contributed by atoms with Crippen molar-refractivity contribution in [3.63, 3.8) is 0 Å². The summed E-state index contributed by atoms with van der Waals surface area (Å²) in [5, 5.41) is 6.48. The maximum atomic E-state index is 11.6. The Bertz CT molecular complexity index is 232. The molecule has 1 aliphatic heterocycles. The summed E-state index contributed by atoms with van der Waals surface area (Å²) in [6.45, 7) is 3.18. The van der Waals surface area contributed by atoms with Gasteiger partial charge in [-0.3, -0.25) is 4.79 Å². The van der Waals surface area contributed by atoms with Crippen LogP contribution in [-0.2, 0) is 4.79 Å². The Labute approximate surface area is 105 Å². The minimum atomic E-state index is 0.265. The van der Waals surface area contributed by atoms with Crippen molar-refractivity contribution in [2.24, 2.45) is 11.8 Å². The Hall–Kier alpha value is -0.570. The van der Waals surface area contributed by atoms with Crippen molar-refractivity contribution in [3.05, 3.63) is 0 Å². The molecule has 1 heterocycles. The third-order valence-electron chi connectivity index (χ3n) is 4.28. The fourth-order valence-corrected chi connectivity index (χ4v) is 2.79. The molecular weight excluding hydrogens is 212 g/mol. The molecule has 0 radical (unpaired) electrons. The first-order valence-corrected chi connectivity index (χ1v) is 7.32. The SMILES string of the molecule is O=C(CCC1CCC1)NCCC1CCCNC1. The van der Waals surface area contributed by atoms with Crippen LogP contribution < -0.4 is 10.6 Å².